The number of primary amides is 1. The third-order valence-corrected chi connectivity index (χ3v) is 18.2. The second-order valence-electron chi connectivity index (χ2n) is 28.5. The maximum absolute atomic E-state index is 14.8. The second-order valence-corrected chi connectivity index (χ2v) is 28.5. The number of hydrogen-bond acceptors (Lipinski definition) is 18. The Morgan fingerprint density at radius 3 is 1.48 bits per heavy atom. The zero-order chi connectivity index (χ0) is 79.3. The van der Waals surface area contributed by atoms with Gasteiger partial charge in [-0.05, 0) is 131 Å². The molecule has 107 heavy (non-hydrogen) atoms. The van der Waals surface area contributed by atoms with Crippen LogP contribution in [0.3, 0.4) is 0 Å². The monoisotopic (exact) mass is 1500 g/mol. The topological polar surface area (TPSA) is 549 Å². The molecular weight excluding hydrogens is 1380 g/mol. The number of rotatable bonds is 51. The molecule has 33 heteroatoms. The fourth-order valence-corrected chi connectivity index (χ4v) is 11.9. The molecule has 0 saturated heterocycles. The van der Waals surface area contributed by atoms with Crippen molar-refractivity contribution in [1.82, 2.24) is 73.4 Å². The number of aromatic amines is 2. The first-order valence-corrected chi connectivity index (χ1v) is 37.1. The van der Waals surface area contributed by atoms with Gasteiger partial charge in [0, 0.05) is 54.7 Å². The number of imidazole rings is 1. The Bertz CT molecular complexity index is 3520. The Kier molecular flexibility index (Phi) is 39.3. The number of aromatic nitrogens is 3. The number of aliphatic carboxylic acids is 1. The van der Waals surface area contributed by atoms with Crippen molar-refractivity contribution in [3.05, 3.63) is 90.1 Å². The molecule has 0 unspecified atom stereocenters. The Hall–Kier alpha value is -9.86. The fourth-order valence-electron chi connectivity index (χ4n) is 11.9. The molecule has 4 aromatic rings. The first kappa shape index (κ1) is 89.5. The Labute approximate surface area is 625 Å². The van der Waals surface area contributed by atoms with Crippen LogP contribution in [-0.4, -0.2) is 190 Å². The summed E-state index contributed by atoms with van der Waals surface area (Å²) < 4.78 is 0. The maximum atomic E-state index is 14.8. The number of unbranched alkanes of at least 4 members (excludes halogenated alkanes) is 3. The molecule has 2 aromatic carbocycles. The molecule has 2 aromatic heterocycles. The molecule has 0 aliphatic heterocycles. The number of nitrogens with two attached hydrogens (primary N) is 5. The van der Waals surface area contributed by atoms with Gasteiger partial charge in [-0.25, -0.2) is 9.78 Å². The van der Waals surface area contributed by atoms with Crippen molar-refractivity contribution in [2.24, 2.45) is 52.3 Å². The molecule has 12 atom stereocenters. The van der Waals surface area contributed by atoms with E-state index in [0.717, 1.165) is 10.9 Å². The number of carbonyl (C=O) groups excluding carboxylic acids is 12. The third kappa shape index (κ3) is 31.6. The van der Waals surface area contributed by atoms with Crippen LogP contribution in [0.25, 0.3) is 10.9 Å². The smallest absolute Gasteiger partial charge is 0.326 e. The van der Waals surface area contributed by atoms with E-state index in [1.165, 1.54) is 12.5 Å². The lowest BCUT2D eigenvalue weighted by Crippen LogP contribution is -2.61. The molecule has 33 nitrogen and oxygen atoms in total. The second kappa shape index (κ2) is 47.0. The quantitative estimate of drug-likeness (QED) is 0.0253. The van der Waals surface area contributed by atoms with Crippen LogP contribution in [0.5, 0.6) is 0 Å². The molecule has 12 amide bonds. The summed E-state index contributed by atoms with van der Waals surface area (Å²) in [5.41, 5.74) is 31.1. The van der Waals surface area contributed by atoms with E-state index in [0.29, 0.717) is 81.3 Å². The number of carboxylic acid groups (broad SMARTS) is 1. The highest BCUT2D eigenvalue weighted by Gasteiger charge is 2.38. The number of nitrogens with zero attached hydrogens (tertiary/aromatic N) is 1. The molecule has 0 bridgehead atoms. The van der Waals surface area contributed by atoms with Gasteiger partial charge in [0.2, 0.25) is 70.9 Å². The van der Waals surface area contributed by atoms with Gasteiger partial charge in [-0.1, -0.05) is 117 Å². The number of amides is 12. The average molecular weight is 1500 g/mol. The van der Waals surface area contributed by atoms with Gasteiger partial charge in [0.25, 0.3) is 0 Å². The van der Waals surface area contributed by atoms with Crippen molar-refractivity contribution in [3.8, 4) is 0 Å². The lowest BCUT2D eigenvalue weighted by Gasteiger charge is -2.30. The first-order chi connectivity index (χ1) is 50.9. The van der Waals surface area contributed by atoms with Crippen LogP contribution < -0.4 is 87.2 Å². The minimum Gasteiger partial charge on any atom is -0.480 e. The number of benzene rings is 2. The van der Waals surface area contributed by atoms with Crippen molar-refractivity contribution in [2.75, 3.05) is 26.2 Å². The molecule has 0 aliphatic carbocycles. The number of nitrogens with one attached hydrogen (secondary N) is 13. The molecule has 24 N–H and O–H groups in total. The van der Waals surface area contributed by atoms with E-state index in [4.69, 9.17) is 28.7 Å². The predicted octanol–water partition coefficient (Wildman–Crippen LogP) is -0.258. The van der Waals surface area contributed by atoms with Crippen LogP contribution in [0, 0.1) is 23.7 Å². The Morgan fingerprint density at radius 2 is 0.944 bits per heavy atom. The largest absolute Gasteiger partial charge is 0.480 e. The van der Waals surface area contributed by atoms with Gasteiger partial charge >= 0.3 is 5.97 Å². The molecule has 4 rings (SSSR count). The molecule has 592 valence electrons. The molecule has 0 radical (unpaired) electrons. The van der Waals surface area contributed by atoms with Gasteiger partial charge < -0.3 is 102 Å². The predicted molar refractivity (Wildman–Crippen MR) is 403 cm³/mol. The van der Waals surface area contributed by atoms with Crippen molar-refractivity contribution < 1.29 is 67.4 Å². The lowest BCUT2D eigenvalue weighted by molar-refractivity contribution is -0.142. The number of hydrogen-bond donors (Lipinski definition) is 19. The number of H-pyrrole nitrogens is 2. The van der Waals surface area contributed by atoms with Crippen molar-refractivity contribution in [3.63, 3.8) is 0 Å². The lowest BCUT2D eigenvalue weighted by atomic mass is 9.95. The van der Waals surface area contributed by atoms with Crippen LogP contribution in [0.1, 0.15) is 162 Å². The normalized spacial score (nSPS) is 14.8. The summed E-state index contributed by atoms with van der Waals surface area (Å²) in [6.45, 7) is 14.4. The molecule has 0 aliphatic rings. The van der Waals surface area contributed by atoms with E-state index >= 15 is 0 Å². The molecule has 0 spiro atoms. The van der Waals surface area contributed by atoms with Gasteiger partial charge in [0.15, 0.2) is 0 Å². The van der Waals surface area contributed by atoms with E-state index in [1.54, 1.807) is 98.0 Å². The van der Waals surface area contributed by atoms with Crippen molar-refractivity contribution >= 4 is 87.8 Å². The number of carboxylic acids is 1. The van der Waals surface area contributed by atoms with Crippen LogP contribution in [-0.2, 0) is 81.6 Å². The van der Waals surface area contributed by atoms with Crippen molar-refractivity contribution in [2.45, 2.75) is 231 Å². The van der Waals surface area contributed by atoms with E-state index in [9.17, 15) is 67.4 Å². The SMILES string of the molecule is CC[C@H](C)[C@@H](NC(=O)[C@@H](CC(C)C)NC(=O)[C@@H](Cc1c[nH]c2ccccc12)NC(=O)CNC(=O)[C@H](NC(=O)[C@H](N)CCCCN)C(C)C)C(=O)N[C@H](CCC(N)=O)C(=O)N[C@H](CC(C)C)C(=O)N[C@H](Cc1ccccc1)C(=O)N[C@H](Cc1cnc[nH]1)C(=O)N[C@H](CCCCN)C(=O)N[C@H](CCCCN)C(=O)O. The third-order valence-electron chi connectivity index (χ3n) is 18.2. The van der Waals surface area contributed by atoms with E-state index < -0.39 is 168 Å². The van der Waals surface area contributed by atoms with Gasteiger partial charge in [0.05, 0.1) is 18.9 Å². The van der Waals surface area contributed by atoms with E-state index in [1.807, 2.05) is 18.2 Å². The van der Waals surface area contributed by atoms with E-state index in [2.05, 4.69) is 73.4 Å². The Balaban J connectivity index is 1.62. The summed E-state index contributed by atoms with van der Waals surface area (Å²) >= 11 is 0. The van der Waals surface area contributed by atoms with Crippen LogP contribution in [0.2, 0.25) is 0 Å². The van der Waals surface area contributed by atoms with Gasteiger partial charge in [0.1, 0.15) is 60.4 Å². The highest BCUT2D eigenvalue weighted by atomic mass is 16.4. The minimum absolute atomic E-state index is 0.0261. The minimum atomic E-state index is -1.58. The zero-order valence-electron chi connectivity index (χ0n) is 63.0. The summed E-state index contributed by atoms with van der Waals surface area (Å²) in [5.74, 6) is -12.5. The van der Waals surface area contributed by atoms with E-state index in [-0.39, 0.29) is 69.7 Å². The maximum Gasteiger partial charge on any atom is 0.326 e. The van der Waals surface area contributed by atoms with Gasteiger partial charge in [-0.15, -0.1) is 0 Å². The summed E-state index contributed by atoms with van der Waals surface area (Å²) in [6, 6.07) is 1.34. The zero-order valence-corrected chi connectivity index (χ0v) is 63.0. The summed E-state index contributed by atoms with van der Waals surface area (Å²) in [5, 5.41) is 40.4. The Morgan fingerprint density at radius 1 is 0.477 bits per heavy atom. The molecular formula is C74H117N19O14. The fraction of sp³-hybridized carbons (Fsp3) is 0.595. The summed E-state index contributed by atoms with van der Waals surface area (Å²) in [7, 11) is 0. The standard InChI is InChI=1S/C74H117N19O14/c1-9-45(8)63(93-71(103)56(34-43(4)5)89-69(101)58(36-47-38-81-51-25-14-13-23-49(47)51)84-61(95)40-82-72(104)62(44(6)7)92-64(96)50(78)24-15-18-30-75)73(105)86-53(28-29-60(79)94)66(98)88-55(33-42(2)3)67(99)90-57(35-46-21-11-10-12-22-46)68(100)91-59(37-48-39-80-41-83-48)70(102)85-52(26-16-19-31-76)65(97)87-54(74(106)107)27-17-20-32-77/h10-14,21-23,25,38-39,41-45,50,52-59,62-63,81H,9,15-20,24,26-37,40,75-78H2,1-8H3,(H2,79,94)(H,80,83)(H,82,104)(H,84,95)(H,85,102)(H,86,105)(H,87,97)(H,88,98)(H,89,101)(H,90,99)(H,91,100)(H,92,96)(H,93,103)(H,106,107)/t45-,50+,52+,53+,54+,55+,56+,57+,58+,59+,62+,63+/m0/s1. The van der Waals surface area contributed by atoms with Crippen LogP contribution in [0.15, 0.2) is 73.3 Å². The molecule has 0 saturated carbocycles. The van der Waals surface area contributed by atoms with Crippen LogP contribution >= 0.6 is 0 Å². The summed E-state index contributed by atoms with van der Waals surface area (Å²) in [6.07, 6.45) is 6.98. The number of para-hydroxylation sites is 1. The number of carbonyl (C=O) groups is 13. The highest BCUT2D eigenvalue weighted by molar-refractivity contribution is 6.00. The molecule has 2 heterocycles. The molecule has 0 fully saturated rings. The highest BCUT2D eigenvalue weighted by Crippen LogP contribution is 2.21. The number of fused-ring (bicyclic) bond motifs is 1. The van der Waals surface area contributed by atoms with Gasteiger partial charge in [-0.3, -0.25) is 57.5 Å². The average Bonchev–Trinajstić information content (AvgIpc) is 1.75. The first-order valence-electron chi connectivity index (χ1n) is 37.1. The van der Waals surface area contributed by atoms with Crippen LogP contribution in [0.4, 0.5) is 0 Å². The summed E-state index contributed by atoms with van der Waals surface area (Å²) in [4.78, 5) is 192. The van der Waals surface area contributed by atoms with Gasteiger partial charge in [-0.2, -0.15) is 0 Å². The van der Waals surface area contributed by atoms with Crippen molar-refractivity contribution in [1.29, 1.82) is 0 Å².